The highest BCUT2D eigenvalue weighted by atomic mass is 16.5. The minimum absolute atomic E-state index is 0.126. The number of carbonyl (C=O) groups excluding carboxylic acids is 1. The van der Waals surface area contributed by atoms with E-state index in [2.05, 4.69) is 36.4 Å². The Balaban J connectivity index is 1.78. The molecule has 1 heterocycles. The second-order valence-corrected chi connectivity index (χ2v) is 6.41. The van der Waals surface area contributed by atoms with E-state index in [1.807, 2.05) is 24.3 Å². The molecule has 2 N–H and O–H groups in total. The molecular formula is C19H19NO2. The Morgan fingerprint density at radius 2 is 1.55 bits per heavy atom. The van der Waals surface area contributed by atoms with Crippen LogP contribution in [0.4, 0.5) is 0 Å². The van der Waals surface area contributed by atoms with Crippen LogP contribution in [0.5, 0.6) is 0 Å². The largest absolute Gasteiger partial charge is 0.464 e. The molecule has 0 amide bonds. The van der Waals surface area contributed by atoms with E-state index >= 15 is 0 Å². The van der Waals surface area contributed by atoms with Crippen molar-refractivity contribution in [3.63, 3.8) is 0 Å². The number of nitrogens with two attached hydrogens (primary N) is 1. The molecule has 1 aliphatic heterocycles. The van der Waals surface area contributed by atoms with E-state index in [9.17, 15) is 4.79 Å². The van der Waals surface area contributed by atoms with E-state index < -0.39 is 5.54 Å². The third-order valence-electron chi connectivity index (χ3n) is 5.27. The van der Waals surface area contributed by atoms with Gasteiger partial charge in [0.1, 0.15) is 6.61 Å². The Morgan fingerprint density at radius 3 is 2.18 bits per heavy atom. The van der Waals surface area contributed by atoms with Crippen molar-refractivity contribution < 1.29 is 9.53 Å². The standard InChI is InChI=1S/C19H19NO2/c20-19-12-22-16(21)11-15(19)17(13-7-3-1-4-8-13)18(19)14-9-5-2-6-10-14/h1-10,15,17-18H,11-12,20H2/t15-,17-,18+,19+/m0/s1. The highest BCUT2D eigenvalue weighted by molar-refractivity contribution is 5.72. The molecule has 0 unspecified atom stereocenters. The summed E-state index contributed by atoms with van der Waals surface area (Å²) >= 11 is 0. The number of fused-ring (bicyclic) bond motifs is 1. The number of hydrogen-bond donors (Lipinski definition) is 1. The Morgan fingerprint density at radius 1 is 0.955 bits per heavy atom. The lowest BCUT2D eigenvalue weighted by Gasteiger charge is -2.61. The minimum atomic E-state index is -0.449. The summed E-state index contributed by atoms with van der Waals surface area (Å²) < 4.78 is 5.29. The molecule has 112 valence electrons. The summed E-state index contributed by atoms with van der Waals surface area (Å²) in [5, 5.41) is 0. The zero-order chi connectivity index (χ0) is 15.2. The van der Waals surface area contributed by atoms with Crippen molar-refractivity contribution in [1.82, 2.24) is 0 Å². The van der Waals surface area contributed by atoms with Crippen molar-refractivity contribution in [3.05, 3.63) is 71.8 Å². The molecule has 0 spiro atoms. The van der Waals surface area contributed by atoms with Gasteiger partial charge in [-0.25, -0.2) is 0 Å². The maximum absolute atomic E-state index is 11.7. The molecule has 1 saturated heterocycles. The Hall–Kier alpha value is -2.13. The van der Waals surface area contributed by atoms with Crippen LogP contribution in [0.1, 0.15) is 29.4 Å². The topological polar surface area (TPSA) is 52.3 Å². The maximum Gasteiger partial charge on any atom is 0.306 e. The van der Waals surface area contributed by atoms with Gasteiger partial charge in [-0.15, -0.1) is 0 Å². The normalized spacial score (nSPS) is 33.5. The molecule has 1 saturated carbocycles. The van der Waals surface area contributed by atoms with Crippen LogP contribution in [0.2, 0.25) is 0 Å². The van der Waals surface area contributed by atoms with Crippen molar-refractivity contribution in [2.24, 2.45) is 11.7 Å². The van der Waals surface area contributed by atoms with Crippen molar-refractivity contribution in [1.29, 1.82) is 0 Å². The minimum Gasteiger partial charge on any atom is -0.464 e. The van der Waals surface area contributed by atoms with Crippen molar-refractivity contribution in [2.75, 3.05) is 6.61 Å². The lowest BCUT2D eigenvalue weighted by Crippen LogP contribution is -2.70. The summed E-state index contributed by atoms with van der Waals surface area (Å²) in [5.74, 6) is 0.496. The molecule has 4 rings (SSSR count). The van der Waals surface area contributed by atoms with E-state index in [0.29, 0.717) is 13.0 Å². The van der Waals surface area contributed by atoms with E-state index in [0.717, 1.165) is 0 Å². The second-order valence-electron chi connectivity index (χ2n) is 6.41. The van der Waals surface area contributed by atoms with Gasteiger partial charge in [-0.05, 0) is 23.0 Å². The lowest BCUT2D eigenvalue weighted by molar-refractivity contribution is -0.165. The highest BCUT2D eigenvalue weighted by Crippen LogP contribution is 2.61. The quantitative estimate of drug-likeness (QED) is 0.866. The fourth-order valence-corrected chi connectivity index (χ4v) is 4.25. The molecule has 3 nitrogen and oxygen atoms in total. The van der Waals surface area contributed by atoms with E-state index in [1.54, 1.807) is 0 Å². The molecule has 2 aromatic rings. The van der Waals surface area contributed by atoms with Crippen molar-refractivity contribution in [3.8, 4) is 0 Å². The third-order valence-corrected chi connectivity index (χ3v) is 5.27. The van der Waals surface area contributed by atoms with Gasteiger partial charge in [0.15, 0.2) is 0 Å². The Kier molecular flexibility index (Phi) is 3.05. The number of rotatable bonds is 2. The predicted octanol–water partition coefficient (Wildman–Crippen LogP) is 2.83. The highest BCUT2D eigenvalue weighted by Gasteiger charge is 2.63. The average Bonchev–Trinajstić information content (AvgIpc) is 2.56. The number of ether oxygens (including phenoxy) is 1. The first kappa shape index (κ1) is 13.5. The molecule has 3 heteroatoms. The molecular weight excluding hydrogens is 274 g/mol. The van der Waals surface area contributed by atoms with Crippen molar-refractivity contribution >= 4 is 5.97 Å². The smallest absolute Gasteiger partial charge is 0.306 e. The molecule has 2 aromatic carbocycles. The van der Waals surface area contributed by atoms with Gasteiger partial charge in [-0.3, -0.25) is 4.79 Å². The number of hydrogen-bond acceptors (Lipinski definition) is 3. The van der Waals surface area contributed by atoms with Gasteiger partial charge in [0, 0.05) is 5.92 Å². The number of cyclic esters (lactones) is 1. The SMILES string of the molecule is N[C@]12COC(=O)C[C@H]1[C@H](c1ccccc1)[C@H]2c1ccccc1. The monoisotopic (exact) mass is 293 g/mol. The van der Waals surface area contributed by atoms with Crippen LogP contribution in [0, 0.1) is 5.92 Å². The third kappa shape index (κ3) is 1.89. The number of benzene rings is 2. The van der Waals surface area contributed by atoms with Crippen LogP contribution in [0.3, 0.4) is 0 Å². The van der Waals surface area contributed by atoms with Gasteiger partial charge in [0.05, 0.1) is 12.0 Å². The van der Waals surface area contributed by atoms with Gasteiger partial charge in [-0.2, -0.15) is 0 Å². The summed E-state index contributed by atoms with van der Waals surface area (Å²) in [6.07, 6.45) is 0.416. The van der Waals surface area contributed by atoms with Crippen molar-refractivity contribution in [2.45, 2.75) is 23.8 Å². The van der Waals surface area contributed by atoms with Gasteiger partial charge >= 0.3 is 5.97 Å². The summed E-state index contributed by atoms with van der Waals surface area (Å²) in [5.41, 5.74) is 8.74. The van der Waals surface area contributed by atoms with Crippen LogP contribution < -0.4 is 5.73 Å². The van der Waals surface area contributed by atoms with Gasteiger partial charge in [0.2, 0.25) is 0 Å². The fraction of sp³-hybridized carbons (Fsp3) is 0.316. The molecule has 2 aliphatic rings. The first-order valence-corrected chi connectivity index (χ1v) is 7.74. The molecule has 0 radical (unpaired) electrons. The Bertz CT molecular complexity index is 685. The van der Waals surface area contributed by atoms with Gasteiger partial charge in [0.25, 0.3) is 0 Å². The first-order valence-electron chi connectivity index (χ1n) is 7.74. The van der Waals surface area contributed by atoms with E-state index in [-0.39, 0.29) is 23.7 Å². The van der Waals surface area contributed by atoms with Crippen LogP contribution >= 0.6 is 0 Å². The van der Waals surface area contributed by atoms with Crippen LogP contribution in [0.25, 0.3) is 0 Å². The Labute approximate surface area is 130 Å². The number of carbonyl (C=O) groups is 1. The molecule has 4 atom stereocenters. The maximum atomic E-state index is 11.7. The summed E-state index contributed by atoms with van der Waals surface area (Å²) in [7, 11) is 0. The van der Waals surface area contributed by atoms with Crippen LogP contribution in [0.15, 0.2) is 60.7 Å². The molecule has 1 aliphatic carbocycles. The first-order chi connectivity index (χ1) is 10.7. The van der Waals surface area contributed by atoms with Gasteiger partial charge < -0.3 is 10.5 Å². The summed E-state index contributed by atoms with van der Waals surface area (Å²) in [4.78, 5) is 11.7. The summed E-state index contributed by atoms with van der Waals surface area (Å²) in [6.45, 7) is 0.319. The fourth-order valence-electron chi connectivity index (χ4n) is 4.25. The predicted molar refractivity (Wildman–Crippen MR) is 84.4 cm³/mol. The van der Waals surface area contributed by atoms with E-state index in [4.69, 9.17) is 10.5 Å². The lowest BCUT2D eigenvalue weighted by atomic mass is 9.47. The van der Waals surface area contributed by atoms with Gasteiger partial charge in [-0.1, -0.05) is 60.7 Å². The second kappa shape index (κ2) is 4.96. The molecule has 0 bridgehead atoms. The van der Waals surface area contributed by atoms with E-state index in [1.165, 1.54) is 11.1 Å². The van der Waals surface area contributed by atoms with Crippen LogP contribution in [-0.4, -0.2) is 18.1 Å². The number of esters is 1. The molecule has 0 aromatic heterocycles. The average molecular weight is 293 g/mol. The summed E-state index contributed by atoms with van der Waals surface area (Å²) in [6, 6.07) is 20.8. The zero-order valence-electron chi connectivity index (χ0n) is 12.3. The zero-order valence-corrected chi connectivity index (χ0v) is 12.3. The van der Waals surface area contributed by atoms with Crippen LogP contribution in [-0.2, 0) is 9.53 Å². The molecule has 22 heavy (non-hydrogen) atoms. The molecule has 2 fully saturated rings.